The summed E-state index contributed by atoms with van der Waals surface area (Å²) in [7, 11) is 0. The fourth-order valence-electron chi connectivity index (χ4n) is 2.04. The topological polar surface area (TPSA) is 88.5 Å². The van der Waals surface area contributed by atoms with E-state index in [0.717, 1.165) is 0 Å². The van der Waals surface area contributed by atoms with E-state index in [1.165, 1.54) is 6.07 Å². The molecule has 0 spiro atoms. The van der Waals surface area contributed by atoms with Crippen molar-refractivity contribution in [1.29, 1.82) is 0 Å². The van der Waals surface area contributed by atoms with Gasteiger partial charge in [0.15, 0.2) is 0 Å². The fourth-order valence-corrected chi connectivity index (χ4v) is 2.04. The van der Waals surface area contributed by atoms with Gasteiger partial charge >= 0.3 is 0 Å². The van der Waals surface area contributed by atoms with Gasteiger partial charge in [-0.25, -0.2) is 0 Å². The molecule has 0 aliphatic heterocycles. The van der Waals surface area contributed by atoms with Crippen LogP contribution < -0.4 is 5.32 Å². The van der Waals surface area contributed by atoms with Crippen molar-refractivity contribution < 1.29 is 14.4 Å². The van der Waals surface area contributed by atoms with Gasteiger partial charge in [-0.1, -0.05) is 26.0 Å². The molecule has 6 heteroatoms. The highest BCUT2D eigenvalue weighted by Crippen LogP contribution is 2.30. The lowest BCUT2D eigenvalue weighted by Crippen LogP contribution is -2.30. The lowest BCUT2D eigenvalue weighted by molar-refractivity contribution is -0.384. The van der Waals surface area contributed by atoms with Gasteiger partial charge in [0.05, 0.1) is 23.1 Å². The number of aliphatic hydroxyl groups is 1. The smallest absolute Gasteiger partial charge is 0.280 e. The van der Waals surface area contributed by atoms with E-state index in [1.807, 2.05) is 13.8 Å². The summed E-state index contributed by atoms with van der Waals surface area (Å²) in [4.78, 5) is 10.6. The van der Waals surface area contributed by atoms with E-state index in [-0.39, 0.29) is 11.6 Å². The largest absolute Gasteiger partial charge is 0.459 e. The van der Waals surface area contributed by atoms with Gasteiger partial charge in [-0.3, -0.25) is 10.1 Å². The molecule has 0 saturated carbocycles. The highest BCUT2D eigenvalue weighted by molar-refractivity contribution is 5.69. The van der Waals surface area contributed by atoms with Crippen molar-refractivity contribution in [3.63, 3.8) is 0 Å². The second-order valence-electron chi connectivity index (χ2n) is 5.48. The van der Waals surface area contributed by atoms with E-state index < -0.39 is 11.0 Å². The van der Waals surface area contributed by atoms with Gasteiger partial charge in [0.1, 0.15) is 11.5 Å². The van der Waals surface area contributed by atoms with Gasteiger partial charge in [-0.15, -0.1) is 0 Å². The predicted octanol–water partition coefficient (Wildman–Crippen LogP) is 2.96. The molecule has 6 nitrogen and oxygen atoms in total. The standard InChI is InChI=1S/C16H20N2O4/c1-11(2)15(19)10-17-9-12-7-8-16(22-12)13-5-3-4-6-14(13)18(20)21/h3-8,11,15,17,19H,9-10H2,1-2H3. The second kappa shape index (κ2) is 7.20. The number of rotatable bonds is 7. The maximum atomic E-state index is 11.0. The van der Waals surface area contributed by atoms with E-state index in [9.17, 15) is 15.2 Å². The van der Waals surface area contributed by atoms with Crippen LogP contribution in [-0.2, 0) is 6.54 Å². The summed E-state index contributed by atoms with van der Waals surface area (Å²) in [5, 5.41) is 23.9. The molecule has 0 saturated heterocycles. The van der Waals surface area contributed by atoms with Crippen LogP contribution in [0.3, 0.4) is 0 Å². The average Bonchev–Trinajstić information content (AvgIpc) is 2.95. The van der Waals surface area contributed by atoms with Crippen LogP contribution in [-0.4, -0.2) is 22.7 Å². The number of para-hydroxylation sites is 1. The van der Waals surface area contributed by atoms with E-state index >= 15 is 0 Å². The van der Waals surface area contributed by atoms with E-state index in [1.54, 1.807) is 30.3 Å². The Morgan fingerprint density at radius 2 is 2.00 bits per heavy atom. The van der Waals surface area contributed by atoms with Crippen molar-refractivity contribution in [3.05, 3.63) is 52.3 Å². The summed E-state index contributed by atoms with van der Waals surface area (Å²) < 4.78 is 5.65. The van der Waals surface area contributed by atoms with E-state index in [4.69, 9.17) is 4.42 Å². The molecule has 0 fully saturated rings. The second-order valence-corrected chi connectivity index (χ2v) is 5.48. The first-order chi connectivity index (χ1) is 10.5. The van der Waals surface area contributed by atoms with Gasteiger partial charge in [-0.2, -0.15) is 0 Å². The molecule has 118 valence electrons. The molecule has 2 aromatic rings. The molecular weight excluding hydrogens is 284 g/mol. The molecule has 0 aliphatic rings. The molecule has 0 radical (unpaired) electrons. The number of aliphatic hydroxyl groups excluding tert-OH is 1. The number of nitro groups is 1. The van der Waals surface area contributed by atoms with Crippen LogP contribution in [0.25, 0.3) is 11.3 Å². The summed E-state index contributed by atoms with van der Waals surface area (Å²) in [5.41, 5.74) is 0.479. The van der Waals surface area contributed by atoms with Gasteiger partial charge in [0, 0.05) is 12.6 Å². The third kappa shape index (κ3) is 3.93. The van der Waals surface area contributed by atoms with Crippen LogP contribution >= 0.6 is 0 Å². The number of hydrogen-bond acceptors (Lipinski definition) is 5. The first kappa shape index (κ1) is 16.2. The maximum absolute atomic E-state index is 11.0. The highest BCUT2D eigenvalue weighted by Gasteiger charge is 2.17. The monoisotopic (exact) mass is 304 g/mol. The zero-order chi connectivity index (χ0) is 16.1. The molecule has 1 unspecified atom stereocenters. The molecule has 2 N–H and O–H groups in total. The Morgan fingerprint density at radius 3 is 2.68 bits per heavy atom. The molecule has 0 bridgehead atoms. The molecule has 22 heavy (non-hydrogen) atoms. The zero-order valence-corrected chi connectivity index (χ0v) is 12.7. The predicted molar refractivity (Wildman–Crippen MR) is 83.3 cm³/mol. The van der Waals surface area contributed by atoms with Crippen molar-refractivity contribution in [2.45, 2.75) is 26.5 Å². The molecule has 1 aromatic heterocycles. The third-order valence-corrected chi connectivity index (χ3v) is 3.45. The molecule has 0 amide bonds. The summed E-state index contributed by atoms with van der Waals surface area (Å²) in [6.07, 6.45) is -0.412. The third-order valence-electron chi connectivity index (χ3n) is 3.45. The zero-order valence-electron chi connectivity index (χ0n) is 12.7. The van der Waals surface area contributed by atoms with Crippen molar-refractivity contribution in [1.82, 2.24) is 5.32 Å². The lowest BCUT2D eigenvalue weighted by Gasteiger charge is -2.14. The lowest BCUT2D eigenvalue weighted by atomic mass is 10.1. The minimum Gasteiger partial charge on any atom is -0.459 e. The molecular formula is C16H20N2O4. The minimum absolute atomic E-state index is 0.0200. The summed E-state index contributed by atoms with van der Waals surface area (Å²) >= 11 is 0. The normalized spacial score (nSPS) is 12.5. The molecule has 1 atom stereocenters. The SMILES string of the molecule is CC(C)C(O)CNCc1ccc(-c2ccccc2[N+](=O)[O-])o1. The van der Waals surface area contributed by atoms with Crippen LogP contribution in [0.4, 0.5) is 5.69 Å². The maximum Gasteiger partial charge on any atom is 0.280 e. The molecule has 1 aromatic carbocycles. The summed E-state index contributed by atoms with van der Waals surface area (Å²) in [6.45, 7) is 4.83. The first-order valence-corrected chi connectivity index (χ1v) is 7.20. The van der Waals surface area contributed by atoms with Gasteiger partial charge in [-0.05, 0) is 24.1 Å². The molecule has 2 rings (SSSR count). The summed E-state index contributed by atoms with van der Waals surface area (Å²) in [5.74, 6) is 1.32. The van der Waals surface area contributed by atoms with Gasteiger partial charge in [0.2, 0.25) is 0 Å². The average molecular weight is 304 g/mol. The number of nitro benzene ring substituents is 1. The van der Waals surface area contributed by atoms with Crippen LogP contribution in [0.5, 0.6) is 0 Å². The Hall–Kier alpha value is -2.18. The minimum atomic E-state index is -0.422. The van der Waals surface area contributed by atoms with E-state index in [0.29, 0.717) is 30.2 Å². The fraction of sp³-hybridized carbons (Fsp3) is 0.375. The Bertz CT molecular complexity index is 637. The Labute approximate surface area is 128 Å². The van der Waals surface area contributed by atoms with Gasteiger partial charge < -0.3 is 14.8 Å². The Morgan fingerprint density at radius 1 is 1.27 bits per heavy atom. The first-order valence-electron chi connectivity index (χ1n) is 7.20. The highest BCUT2D eigenvalue weighted by atomic mass is 16.6. The van der Waals surface area contributed by atoms with Crippen LogP contribution in [0, 0.1) is 16.0 Å². The molecule has 0 aliphatic carbocycles. The van der Waals surface area contributed by atoms with Crippen molar-refractivity contribution in [2.75, 3.05) is 6.54 Å². The quantitative estimate of drug-likeness (QED) is 0.606. The van der Waals surface area contributed by atoms with Crippen molar-refractivity contribution in [2.24, 2.45) is 5.92 Å². The van der Waals surface area contributed by atoms with Crippen LogP contribution in [0.2, 0.25) is 0 Å². The van der Waals surface area contributed by atoms with Crippen LogP contribution in [0.15, 0.2) is 40.8 Å². The Kier molecular flexibility index (Phi) is 5.30. The van der Waals surface area contributed by atoms with Gasteiger partial charge in [0.25, 0.3) is 5.69 Å². The number of hydrogen-bond donors (Lipinski definition) is 2. The number of benzene rings is 1. The van der Waals surface area contributed by atoms with Crippen molar-refractivity contribution in [3.8, 4) is 11.3 Å². The van der Waals surface area contributed by atoms with Crippen LogP contribution in [0.1, 0.15) is 19.6 Å². The number of nitrogens with one attached hydrogen (secondary N) is 1. The number of furan rings is 1. The summed E-state index contributed by atoms with van der Waals surface area (Å²) in [6, 6.07) is 9.98. The Balaban J connectivity index is 2.05. The molecule has 1 heterocycles. The number of nitrogens with zero attached hydrogens (tertiary/aromatic N) is 1. The van der Waals surface area contributed by atoms with Crippen molar-refractivity contribution >= 4 is 5.69 Å². The van der Waals surface area contributed by atoms with E-state index in [2.05, 4.69) is 5.32 Å².